The highest BCUT2D eigenvalue weighted by Gasteiger charge is 2.54. The van der Waals surface area contributed by atoms with Gasteiger partial charge < -0.3 is 25.7 Å². The number of hydrogen-bond acceptors (Lipinski definition) is 11. The number of halogens is 1. The molecule has 0 aliphatic carbocycles. The minimum absolute atomic E-state index is 0.0307. The van der Waals surface area contributed by atoms with Gasteiger partial charge in [-0.3, -0.25) is 19.3 Å². The molecule has 1 fully saturated rings. The summed E-state index contributed by atoms with van der Waals surface area (Å²) >= 11 is 2.21. The van der Waals surface area contributed by atoms with Crippen LogP contribution in [0.2, 0.25) is 0 Å². The zero-order chi connectivity index (χ0) is 22.7. The van der Waals surface area contributed by atoms with Gasteiger partial charge in [0.15, 0.2) is 10.8 Å². The first-order valence-corrected chi connectivity index (χ1v) is 10.5. The number of oxime groups is 1. The fourth-order valence-corrected chi connectivity index (χ4v) is 4.76. The number of aliphatic carboxylic acids is 1. The maximum Gasteiger partial charge on any atom is 0.352 e. The van der Waals surface area contributed by atoms with Crippen molar-refractivity contribution < 1.29 is 38.2 Å². The van der Waals surface area contributed by atoms with E-state index in [2.05, 4.69) is 20.3 Å². The highest BCUT2D eigenvalue weighted by atomic mass is 32.2. The van der Waals surface area contributed by atoms with E-state index in [0.717, 1.165) is 16.2 Å². The van der Waals surface area contributed by atoms with Crippen molar-refractivity contribution in [3.8, 4) is 0 Å². The lowest BCUT2D eigenvalue weighted by molar-refractivity contribution is -0.150. The van der Waals surface area contributed by atoms with E-state index in [1.54, 1.807) is 0 Å². The standard InChI is InChI=1S/C16H16FN5O7S2/c1-6(23)28-2-7-3-30-14-10(13(25)22(14)11(7)15(26)27)20-12(24)9(21-29-5-17)8-4-31-16(18)19-8/h4,10,14H,2-3,5H2,1H3,(H2,18,19)(H,20,24)(H,26,27)/t10-,14+/m1/s1. The van der Waals surface area contributed by atoms with Gasteiger partial charge in [-0.1, -0.05) is 5.16 Å². The van der Waals surface area contributed by atoms with Gasteiger partial charge in [0.1, 0.15) is 29.4 Å². The van der Waals surface area contributed by atoms with Crippen LogP contribution in [-0.2, 0) is 28.8 Å². The summed E-state index contributed by atoms with van der Waals surface area (Å²) in [5.74, 6) is -3.32. The van der Waals surface area contributed by atoms with Crippen molar-refractivity contribution in [2.24, 2.45) is 5.16 Å². The predicted molar refractivity (Wildman–Crippen MR) is 106 cm³/mol. The average molecular weight is 473 g/mol. The summed E-state index contributed by atoms with van der Waals surface area (Å²) in [4.78, 5) is 57.3. The number of rotatable bonds is 8. The van der Waals surface area contributed by atoms with Crippen molar-refractivity contribution in [2.45, 2.75) is 18.3 Å². The second kappa shape index (κ2) is 9.30. The Morgan fingerprint density at radius 3 is 2.81 bits per heavy atom. The van der Waals surface area contributed by atoms with E-state index < -0.39 is 42.0 Å². The summed E-state index contributed by atoms with van der Waals surface area (Å²) in [6.45, 7) is -0.370. The third kappa shape index (κ3) is 4.61. The number of carboxylic acid groups (broad SMARTS) is 1. The van der Waals surface area contributed by atoms with Crippen LogP contribution in [0.15, 0.2) is 21.8 Å². The molecular formula is C16H16FN5O7S2. The number of carboxylic acids is 1. The molecule has 2 amide bonds. The molecule has 31 heavy (non-hydrogen) atoms. The number of hydrogen-bond donors (Lipinski definition) is 3. The number of ether oxygens (including phenoxy) is 1. The fraction of sp³-hybridized carbons (Fsp3) is 0.375. The third-order valence-corrected chi connectivity index (χ3v) is 6.18. The molecule has 15 heteroatoms. The minimum Gasteiger partial charge on any atom is -0.477 e. The number of alkyl halides is 1. The van der Waals surface area contributed by atoms with Crippen molar-refractivity contribution in [1.82, 2.24) is 15.2 Å². The maximum absolute atomic E-state index is 12.7. The van der Waals surface area contributed by atoms with Crippen LogP contribution >= 0.6 is 23.1 Å². The molecule has 0 saturated carbocycles. The number of carbonyl (C=O) groups is 4. The quantitative estimate of drug-likeness (QED) is 0.196. The van der Waals surface area contributed by atoms with E-state index in [1.165, 1.54) is 24.1 Å². The van der Waals surface area contributed by atoms with E-state index in [9.17, 15) is 28.7 Å². The monoisotopic (exact) mass is 473 g/mol. The zero-order valence-corrected chi connectivity index (χ0v) is 17.5. The van der Waals surface area contributed by atoms with Gasteiger partial charge in [-0.05, 0) is 0 Å². The highest BCUT2D eigenvalue weighted by Crippen LogP contribution is 2.40. The number of thiazole rings is 1. The Morgan fingerprint density at radius 2 is 2.23 bits per heavy atom. The average Bonchev–Trinajstić information content (AvgIpc) is 3.15. The molecule has 3 rings (SSSR count). The van der Waals surface area contributed by atoms with Crippen molar-refractivity contribution in [1.29, 1.82) is 0 Å². The van der Waals surface area contributed by atoms with Crippen LogP contribution in [0.25, 0.3) is 0 Å². The second-order valence-electron chi connectivity index (χ2n) is 6.15. The number of nitrogens with two attached hydrogens (primary N) is 1. The number of nitrogens with zero attached hydrogens (tertiary/aromatic N) is 3. The number of nitrogen functional groups attached to an aromatic ring is 1. The van der Waals surface area contributed by atoms with Crippen LogP contribution in [0.4, 0.5) is 9.52 Å². The number of anilines is 1. The van der Waals surface area contributed by atoms with E-state index in [-0.39, 0.29) is 40.2 Å². The van der Waals surface area contributed by atoms with Crippen LogP contribution in [0.5, 0.6) is 0 Å². The smallest absolute Gasteiger partial charge is 0.352 e. The van der Waals surface area contributed by atoms with Gasteiger partial charge in [0.05, 0.1) is 0 Å². The molecule has 2 atom stereocenters. The predicted octanol–water partition coefficient (Wildman–Crippen LogP) is -0.325. The molecule has 0 unspecified atom stereocenters. The van der Waals surface area contributed by atoms with Gasteiger partial charge in [0.25, 0.3) is 18.7 Å². The molecule has 1 saturated heterocycles. The van der Waals surface area contributed by atoms with E-state index in [1.807, 2.05) is 0 Å². The minimum atomic E-state index is -1.36. The molecular weight excluding hydrogens is 457 g/mol. The number of β-lactam (4-membered cyclic amide) rings is 1. The van der Waals surface area contributed by atoms with E-state index >= 15 is 0 Å². The Labute approximate surface area is 182 Å². The lowest BCUT2D eigenvalue weighted by Gasteiger charge is -2.49. The number of thioether (sulfide) groups is 1. The first-order chi connectivity index (χ1) is 14.7. The molecule has 0 radical (unpaired) electrons. The SMILES string of the molecule is CC(=O)OCC1=C(C(=O)O)N2C(=O)[C@@H](NC(=O)C(=NOCF)c3csc(N)n3)[C@@H]2SC1. The Balaban J connectivity index is 1.78. The Bertz CT molecular complexity index is 995. The summed E-state index contributed by atoms with van der Waals surface area (Å²) in [7, 11) is 0. The first-order valence-electron chi connectivity index (χ1n) is 8.56. The zero-order valence-electron chi connectivity index (χ0n) is 15.9. The van der Waals surface area contributed by atoms with Gasteiger partial charge in [0, 0.05) is 23.6 Å². The fourth-order valence-electron chi connectivity index (χ4n) is 2.88. The molecule has 0 bridgehead atoms. The van der Waals surface area contributed by atoms with Gasteiger partial charge >= 0.3 is 11.9 Å². The lowest BCUT2D eigenvalue weighted by Crippen LogP contribution is -2.71. The summed E-state index contributed by atoms with van der Waals surface area (Å²) in [5, 5.41) is 16.2. The van der Waals surface area contributed by atoms with Gasteiger partial charge in [-0.15, -0.1) is 23.1 Å². The van der Waals surface area contributed by atoms with Crippen LogP contribution in [0.3, 0.4) is 0 Å². The van der Waals surface area contributed by atoms with Crippen molar-refractivity contribution in [2.75, 3.05) is 25.0 Å². The number of fused-ring (bicyclic) bond motifs is 1. The van der Waals surface area contributed by atoms with Gasteiger partial charge in [-0.2, -0.15) is 0 Å². The third-order valence-electron chi connectivity index (χ3n) is 4.17. The van der Waals surface area contributed by atoms with Crippen LogP contribution in [0.1, 0.15) is 12.6 Å². The molecule has 0 aromatic carbocycles. The second-order valence-corrected chi connectivity index (χ2v) is 8.14. The summed E-state index contributed by atoms with van der Waals surface area (Å²) in [6.07, 6.45) is 0. The van der Waals surface area contributed by atoms with E-state index in [4.69, 9.17) is 10.5 Å². The van der Waals surface area contributed by atoms with Gasteiger partial charge in [0.2, 0.25) is 0 Å². The number of esters is 1. The molecule has 2 aliphatic rings. The van der Waals surface area contributed by atoms with Crippen LogP contribution in [-0.4, -0.2) is 75.1 Å². The molecule has 1 aromatic rings. The largest absolute Gasteiger partial charge is 0.477 e. The lowest BCUT2D eigenvalue weighted by atomic mass is 10.0. The molecule has 0 spiro atoms. The van der Waals surface area contributed by atoms with Crippen molar-refractivity contribution >= 4 is 57.7 Å². The Hall–Kier alpha value is -3.20. The molecule has 4 N–H and O–H groups in total. The molecule has 12 nitrogen and oxygen atoms in total. The summed E-state index contributed by atoms with van der Waals surface area (Å²) in [6, 6.07) is -1.06. The number of amides is 2. The first kappa shape index (κ1) is 22.5. The summed E-state index contributed by atoms with van der Waals surface area (Å²) in [5.41, 5.74) is 5.16. The van der Waals surface area contributed by atoms with Crippen LogP contribution in [0, 0.1) is 0 Å². The molecule has 3 heterocycles. The number of carbonyl (C=O) groups excluding carboxylic acids is 3. The van der Waals surface area contributed by atoms with Crippen molar-refractivity contribution in [3.05, 3.63) is 22.3 Å². The summed E-state index contributed by atoms with van der Waals surface area (Å²) < 4.78 is 17.2. The number of aromatic nitrogens is 1. The Morgan fingerprint density at radius 1 is 1.48 bits per heavy atom. The Kier molecular flexibility index (Phi) is 6.74. The van der Waals surface area contributed by atoms with Crippen LogP contribution < -0.4 is 11.1 Å². The van der Waals surface area contributed by atoms with E-state index in [0.29, 0.717) is 0 Å². The molecule has 166 valence electrons. The van der Waals surface area contributed by atoms with Crippen molar-refractivity contribution in [3.63, 3.8) is 0 Å². The molecule has 1 aromatic heterocycles. The topological polar surface area (TPSA) is 174 Å². The number of nitrogens with one attached hydrogen (secondary N) is 1. The normalized spacial score (nSPS) is 20.6. The maximum atomic E-state index is 12.7. The van der Waals surface area contributed by atoms with Gasteiger partial charge in [-0.25, -0.2) is 14.2 Å². The highest BCUT2D eigenvalue weighted by molar-refractivity contribution is 8.00. The molecule has 2 aliphatic heterocycles.